The van der Waals surface area contributed by atoms with Crippen LogP contribution < -0.4 is 5.73 Å². The third-order valence-corrected chi connectivity index (χ3v) is 3.06. The fraction of sp³-hybridized carbons (Fsp3) is 0.583. The minimum absolute atomic E-state index is 0.0938. The summed E-state index contributed by atoms with van der Waals surface area (Å²) in [7, 11) is 0. The first kappa shape index (κ1) is 11.5. The molecule has 0 aromatic carbocycles. The van der Waals surface area contributed by atoms with Gasteiger partial charge < -0.3 is 10.5 Å². The van der Waals surface area contributed by atoms with Gasteiger partial charge in [0.2, 0.25) is 0 Å². The van der Waals surface area contributed by atoms with Crippen LogP contribution in [0.25, 0.3) is 0 Å². The lowest BCUT2D eigenvalue weighted by atomic mass is 9.91. The fourth-order valence-electron chi connectivity index (χ4n) is 2.07. The second-order valence-electron chi connectivity index (χ2n) is 4.30. The highest BCUT2D eigenvalue weighted by atomic mass is 19.1. The topological polar surface area (TPSA) is 48.1 Å². The molecule has 4 heteroatoms. The SMILES string of the molecule is NC(CC1CCOCC1)c1ccc(F)cn1. The Morgan fingerprint density at radius 2 is 2.19 bits per heavy atom. The predicted molar refractivity (Wildman–Crippen MR) is 59.3 cm³/mol. The van der Waals surface area contributed by atoms with Crippen LogP contribution in [0.15, 0.2) is 18.3 Å². The van der Waals surface area contributed by atoms with Gasteiger partial charge in [-0.2, -0.15) is 0 Å². The van der Waals surface area contributed by atoms with Gasteiger partial charge in [0.05, 0.1) is 11.9 Å². The van der Waals surface area contributed by atoms with E-state index in [-0.39, 0.29) is 11.9 Å². The first-order chi connectivity index (χ1) is 7.75. The average Bonchev–Trinajstić information content (AvgIpc) is 2.31. The van der Waals surface area contributed by atoms with E-state index in [1.54, 1.807) is 6.07 Å². The summed E-state index contributed by atoms with van der Waals surface area (Å²) in [5.41, 5.74) is 6.82. The van der Waals surface area contributed by atoms with Gasteiger partial charge in [0, 0.05) is 19.3 Å². The Kier molecular flexibility index (Phi) is 3.85. The lowest BCUT2D eigenvalue weighted by Crippen LogP contribution is -2.22. The highest BCUT2D eigenvalue weighted by molar-refractivity contribution is 5.09. The average molecular weight is 224 g/mol. The second kappa shape index (κ2) is 5.37. The van der Waals surface area contributed by atoms with Crippen LogP contribution in [0.5, 0.6) is 0 Å². The number of ether oxygens (including phenoxy) is 1. The van der Waals surface area contributed by atoms with E-state index in [1.165, 1.54) is 12.3 Å². The first-order valence-electron chi connectivity index (χ1n) is 5.70. The zero-order valence-electron chi connectivity index (χ0n) is 9.23. The van der Waals surface area contributed by atoms with Crippen molar-refractivity contribution < 1.29 is 9.13 Å². The molecule has 1 aliphatic rings. The quantitative estimate of drug-likeness (QED) is 0.854. The van der Waals surface area contributed by atoms with Gasteiger partial charge in [-0.05, 0) is 37.3 Å². The number of pyridine rings is 1. The minimum atomic E-state index is -0.318. The van der Waals surface area contributed by atoms with Crippen LogP contribution in [0.2, 0.25) is 0 Å². The van der Waals surface area contributed by atoms with E-state index < -0.39 is 0 Å². The Hall–Kier alpha value is -1.00. The van der Waals surface area contributed by atoms with Gasteiger partial charge >= 0.3 is 0 Å². The maximum Gasteiger partial charge on any atom is 0.141 e. The summed E-state index contributed by atoms with van der Waals surface area (Å²) in [6, 6.07) is 2.98. The number of hydrogen-bond acceptors (Lipinski definition) is 3. The number of hydrogen-bond donors (Lipinski definition) is 1. The van der Waals surface area contributed by atoms with E-state index >= 15 is 0 Å². The molecule has 0 bridgehead atoms. The van der Waals surface area contributed by atoms with E-state index in [2.05, 4.69) is 4.98 Å². The molecule has 88 valence electrons. The molecule has 0 spiro atoms. The lowest BCUT2D eigenvalue weighted by Gasteiger charge is -2.24. The Labute approximate surface area is 94.8 Å². The third kappa shape index (κ3) is 3.00. The summed E-state index contributed by atoms with van der Waals surface area (Å²) in [4.78, 5) is 4.01. The number of halogens is 1. The summed E-state index contributed by atoms with van der Waals surface area (Å²) in [6.07, 6.45) is 4.25. The van der Waals surface area contributed by atoms with Crippen molar-refractivity contribution in [3.8, 4) is 0 Å². The van der Waals surface area contributed by atoms with Gasteiger partial charge in [-0.25, -0.2) is 4.39 Å². The van der Waals surface area contributed by atoms with Gasteiger partial charge in [-0.15, -0.1) is 0 Å². The van der Waals surface area contributed by atoms with Crippen molar-refractivity contribution in [2.75, 3.05) is 13.2 Å². The molecule has 1 aliphatic heterocycles. The summed E-state index contributed by atoms with van der Waals surface area (Å²) < 4.78 is 18.0. The molecule has 1 fully saturated rings. The molecule has 0 amide bonds. The van der Waals surface area contributed by atoms with Crippen LogP contribution in [0.4, 0.5) is 4.39 Å². The number of nitrogens with zero attached hydrogens (tertiary/aromatic N) is 1. The van der Waals surface area contributed by atoms with Crippen molar-refractivity contribution in [2.45, 2.75) is 25.3 Å². The van der Waals surface area contributed by atoms with E-state index in [1.807, 2.05) is 0 Å². The normalized spacial score (nSPS) is 19.6. The molecule has 2 rings (SSSR count). The maximum atomic E-state index is 12.7. The van der Waals surface area contributed by atoms with Crippen molar-refractivity contribution in [1.82, 2.24) is 4.98 Å². The van der Waals surface area contributed by atoms with Crippen molar-refractivity contribution in [2.24, 2.45) is 11.7 Å². The second-order valence-corrected chi connectivity index (χ2v) is 4.30. The van der Waals surface area contributed by atoms with Crippen molar-refractivity contribution >= 4 is 0 Å². The molecule has 2 heterocycles. The molecule has 1 aromatic heterocycles. The van der Waals surface area contributed by atoms with Crippen LogP contribution in [0.3, 0.4) is 0 Å². The third-order valence-electron chi connectivity index (χ3n) is 3.06. The summed E-state index contributed by atoms with van der Waals surface area (Å²) in [6.45, 7) is 1.66. The maximum absolute atomic E-state index is 12.7. The molecular formula is C12H17FN2O. The lowest BCUT2D eigenvalue weighted by molar-refractivity contribution is 0.0617. The van der Waals surface area contributed by atoms with Crippen LogP contribution >= 0.6 is 0 Å². The van der Waals surface area contributed by atoms with Crippen molar-refractivity contribution in [1.29, 1.82) is 0 Å². The molecule has 0 saturated carbocycles. The molecule has 0 radical (unpaired) electrons. The van der Waals surface area contributed by atoms with Gasteiger partial charge in [0.1, 0.15) is 5.82 Å². The molecule has 2 N–H and O–H groups in total. The summed E-state index contributed by atoms with van der Waals surface area (Å²) in [5, 5.41) is 0. The van der Waals surface area contributed by atoms with Gasteiger partial charge in [0.15, 0.2) is 0 Å². The van der Waals surface area contributed by atoms with Crippen LogP contribution in [0, 0.1) is 11.7 Å². The van der Waals surface area contributed by atoms with Gasteiger partial charge in [0.25, 0.3) is 0 Å². The number of aromatic nitrogens is 1. The standard InChI is InChI=1S/C12H17FN2O/c13-10-1-2-12(15-8-10)11(14)7-9-3-5-16-6-4-9/h1-2,8-9,11H,3-7,14H2. The van der Waals surface area contributed by atoms with E-state index in [0.29, 0.717) is 5.92 Å². The predicted octanol–water partition coefficient (Wildman–Crippen LogP) is 2.04. The Bertz CT molecular complexity index is 322. The van der Waals surface area contributed by atoms with Gasteiger partial charge in [-0.3, -0.25) is 4.98 Å². The summed E-state index contributed by atoms with van der Waals surface area (Å²) in [5.74, 6) is 0.289. The zero-order valence-corrected chi connectivity index (χ0v) is 9.23. The zero-order chi connectivity index (χ0) is 11.4. The molecule has 16 heavy (non-hydrogen) atoms. The Morgan fingerprint density at radius 1 is 1.44 bits per heavy atom. The molecule has 1 aromatic rings. The molecule has 1 unspecified atom stereocenters. The Morgan fingerprint density at radius 3 is 2.81 bits per heavy atom. The van der Waals surface area contributed by atoms with Crippen molar-refractivity contribution in [3.05, 3.63) is 29.8 Å². The largest absolute Gasteiger partial charge is 0.381 e. The highest BCUT2D eigenvalue weighted by Crippen LogP contribution is 2.25. The molecular weight excluding hydrogens is 207 g/mol. The van der Waals surface area contributed by atoms with E-state index in [4.69, 9.17) is 10.5 Å². The monoisotopic (exact) mass is 224 g/mol. The molecule has 3 nitrogen and oxygen atoms in total. The molecule has 0 aliphatic carbocycles. The van der Waals surface area contributed by atoms with Crippen LogP contribution in [0.1, 0.15) is 31.0 Å². The van der Waals surface area contributed by atoms with E-state index in [9.17, 15) is 4.39 Å². The smallest absolute Gasteiger partial charge is 0.141 e. The number of rotatable bonds is 3. The summed E-state index contributed by atoms with van der Waals surface area (Å²) >= 11 is 0. The fourth-order valence-corrected chi connectivity index (χ4v) is 2.07. The molecule has 1 atom stereocenters. The van der Waals surface area contributed by atoms with Crippen LogP contribution in [-0.4, -0.2) is 18.2 Å². The first-order valence-corrected chi connectivity index (χ1v) is 5.70. The Balaban J connectivity index is 1.91. The molecule has 1 saturated heterocycles. The van der Waals surface area contributed by atoms with Crippen molar-refractivity contribution in [3.63, 3.8) is 0 Å². The van der Waals surface area contributed by atoms with Crippen LogP contribution in [-0.2, 0) is 4.74 Å². The highest BCUT2D eigenvalue weighted by Gasteiger charge is 2.18. The number of nitrogens with two attached hydrogens (primary N) is 1. The van der Waals surface area contributed by atoms with Gasteiger partial charge in [-0.1, -0.05) is 0 Å². The minimum Gasteiger partial charge on any atom is -0.381 e. The van der Waals surface area contributed by atoms with E-state index in [0.717, 1.165) is 38.2 Å².